The van der Waals surface area contributed by atoms with E-state index in [1.165, 1.54) is 19.8 Å². The molecule has 0 aliphatic rings. The van der Waals surface area contributed by atoms with Crippen LogP contribution in [0.3, 0.4) is 0 Å². The lowest BCUT2D eigenvalue weighted by atomic mass is 10.1. The van der Waals surface area contributed by atoms with Crippen LogP contribution in [0.2, 0.25) is 0 Å². The van der Waals surface area contributed by atoms with Crippen LogP contribution in [0.4, 0.5) is 0 Å². The molecule has 28 heavy (non-hydrogen) atoms. The van der Waals surface area contributed by atoms with Crippen LogP contribution in [-0.2, 0) is 11.2 Å². The minimum atomic E-state index is -0.430. The fourth-order valence-electron chi connectivity index (χ4n) is 2.74. The number of hydrogen-bond donors (Lipinski definition) is 2. The SMILES string of the molecule is COc1ccc(C(=O)NNC(=O)CN(C)CCCc2ccccc2)cc1OC. The second kappa shape index (κ2) is 10.9. The summed E-state index contributed by atoms with van der Waals surface area (Å²) in [5, 5.41) is 0. The number of rotatable bonds is 9. The number of likely N-dealkylation sites (N-methyl/N-ethyl adjacent to an activating group) is 1. The van der Waals surface area contributed by atoms with Crippen molar-refractivity contribution in [1.29, 1.82) is 0 Å². The minimum absolute atomic E-state index is 0.195. The number of nitrogens with zero attached hydrogens (tertiary/aromatic N) is 1. The molecule has 0 heterocycles. The van der Waals surface area contributed by atoms with E-state index >= 15 is 0 Å². The molecule has 0 aliphatic carbocycles. The average Bonchev–Trinajstić information content (AvgIpc) is 2.72. The maximum Gasteiger partial charge on any atom is 0.269 e. The van der Waals surface area contributed by atoms with Crippen LogP contribution in [0.5, 0.6) is 11.5 Å². The normalized spacial score (nSPS) is 10.4. The molecule has 2 rings (SSSR count). The summed E-state index contributed by atoms with van der Waals surface area (Å²) in [7, 11) is 4.89. The first kappa shape index (κ1) is 21.2. The van der Waals surface area contributed by atoms with Gasteiger partial charge in [-0.15, -0.1) is 0 Å². The van der Waals surface area contributed by atoms with Crippen molar-refractivity contribution in [3.63, 3.8) is 0 Å². The number of nitrogens with one attached hydrogen (secondary N) is 2. The molecule has 0 spiro atoms. The number of benzene rings is 2. The third-order valence-corrected chi connectivity index (χ3v) is 4.22. The average molecular weight is 385 g/mol. The van der Waals surface area contributed by atoms with Gasteiger partial charge in [-0.3, -0.25) is 25.3 Å². The number of ether oxygens (including phenoxy) is 2. The van der Waals surface area contributed by atoms with Gasteiger partial charge in [-0.25, -0.2) is 0 Å². The van der Waals surface area contributed by atoms with E-state index in [0.29, 0.717) is 17.1 Å². The van der Waals surface area contributed by atoms with Crippen molar-refractivity contribution in [2.75, 3.05) is 34.4 Å². The van der Waals surface area contributed by atoms with Gasteiger partial charge in [-0.1, -0.05) is 30.3 Å². The summed E-state index contributed by atoms with van der Waals surface area (Å²) in [4.78, 5) is 26.1. The van der Waals surface area contributed by atoms with Crippen molar-refractivity contribution in [2.45, 2.75) is 12.8 Å². The topological polar surface area (TPSA) is 79.9 Å². The molecule has 0 saturated carbocycles. The van der Waals surface area contributed by atoms with Crippen LogP contribution in [0.15, 0.2) is 48.5 Å². The number of carbonyl (C=O) groups excluding carboxylic acids is 2. The Morgan fingerprint density at radius 3 is 2.36 bits per heavy atom. The molecular weight excluding hydrogens is 358 g/mol. The van der Waals surface area contributed by atoms with Gasteiger partial charge in [-0.05, 0) is 50.2 Å². The third kappa shape index (κ3) is 6.59. The number of hydrogen-bond acceptors (Lipinski definition) is 5. The Bertz CT molecular complexity index is 780. The highest BCUT2D eigenvalue weighted by molar-refractivity contribution is 5.96. The molecule has 7 nitrogen and oxygen atoms in total. The van der Waals surface area contributed by atoms with Crippen LogP contribution in [0.25, 0.3) is 0 Å². The predicted molar refractivity (Wildman–Crippen MR) is 107 cm³/mol. The molecular formula is C21H27N3O4. The van der Waals surface area contributed by atoms with E-state index in [1.807, 2.05) is 30.1 Å². The molecule has 150 valence electrons. The fourth-order valence-corrected chi connectivity index (χ4v) is 2.74. The molecule has 2 aromatic rings. The largest absolute Gasteiger partial charge is 0.493 e. The second-order valence-electron chi connectivity index (χ2n) is 6.40. The molecule has 0 atom stereocenters. The molecule has 2 N–H and O–H groups in total. The highest BCUT2D eigenvalue weighted by Crippen LogP contribution is 2.27. The molecule has 0 aromatic heterocycles. The van der Waals surface area contributed by atoms with Gasteiger partial charge in [0.15, 0.2) is 11.5 Å². The van der Waals surface area contributed by atoms with Crippen LogP contribution in [0.1, 0.15) is 22.3 Å². The van der Waals surface area contributed by atoms with Crippen LogP contribution in [0, 0.1) is 0 Å². The van der Waals surface area contributed by atoms with Crippen LogP contribution < -0.4 is 20.3 Å². The van der Waals surface area contributed by atoms with Gasteiger partial charge >= 0.3 is 0 Å². The predicted octanol–water partition coefficient (Wildman–Crippen LogP) is 2.03. The second-order valence-corrected chi connectivity index (χ2v) is 6.40. The van der Waals surface area contributed by atoms with Gasteiger partial charge in [0.1, 0.15) is 0 Å². The van der Waals surface area contributed by atoms with E-state index in [0.717, 1.165) is 19.4 Å². The highest BCUT2D eigenvalue weighted by atomic mass is 16.5. The quantitative estimate of drug-likeness (QED) is 0.646. The lowest BCUT2D eigenvalue weighted by Gasteiger charge is -2.16. The number of aryl methyl sites for hydroxylation is 1. The van der Waals surface area contributed by atoms with E-state index in [2.05, 4.69) is 23.0 Å². The summed E-state index contributed by atoms with van der Waals surface area (Å²) < 4.78 is 10.3. The van der Waals surface area contributed by atoms with Gasteiger partial charge in [-0.2, -0.15) is 0 Å². The van der Waals surface area contributed by atoms with Crippen molar-refractivity contribution >= 4 is 11.8 Å². The standard InChI is InChI=1S/C21H27N3O4/c1-24(13-7-10-16-8-5-4-6-9-16)15-20(25)22-23-21(26)17-11-12-18(27-2)19(14-17)28-3/h4-6,8-9,11-12,14H,7,10,13,15H2,1-3H3,(H,22,25)(H,23,26). The molecule has 0 bridgehead atoms. The van der Waals surface area contributed by atoms with Crippen molar-refractivity contribution < 1.29 is 19.1 Å². The van der Waals surface area contributed by atoms with E-state index in [-0.39, 0.29) is 12.5 Å². The summed E-state index contributed by atoms with van der Waals surface area (Å²) in [6, 6.07) is 15.0. The van der Waals surface area contributed by atoms with Gasteiger partial charge in [0.2, 0.25) is 0 Å². The molecule has 2 amide bonds. The molecule has 0 saturated heterocycles. The minimum Gasteiger partial charge on any atom is -0.493 e. The lowest BCUT2D eigenvalue weighted by molar-refractivity contribution is -0.122. The maximum atomic E-state index is 12.2. The first-order valence-corrected chi connectivity index (χ1v) is 9.07. The zero-order valence-corrected chi connectivity index (χ0v) is 16.5. The monoisotopic (exact) mass is 385 g/mol. The molecule has 0 fully saturated rings. The molecule has 0 aliphatic heterocycles. The third-order valence-electron chi connectivity index (χ3n) is 4.22. The van der Waals surface area contributed by atoms with Crippen molar-refractivity contribution in [3.05, 3.63) is 59.7 Å². The number of amides is 2. The Hall–Kier alpha value is -3.06. The number of hydrazine groups is 1. The van der Waals surface area contributed by atoms with Crippen molar-refractivity contribution in [1.82, 2.24) is 15.8 Å². The summed E-state index contributed by atoms with van der Waals surface area (Å²) >= 11 is 0. The Morgan fingerprint density at radius 2 is 1.68 bits per heavy atom. The first-order chi connectivity index (χ1) is 13.5. The molecule has 0 unspecified atom stereocenters. The highest BCUT2D eigenvalue weighted by Gasteiger charge is 2.12. The van der Waals surface area contributed by atoms with E-state index < -0.39 is 5.91 Å². The van der Waals surface area contributed by atoms with E-state index in [4.69, 9.17) is 9.47 Å². The molecule has 2 aromatic carbocycles. The zero-order chi connectivity index (χ0) is 20.4. The summed E-state index contributed by atoms with van der Waals surface area (Å²) in [6.07, 6.45) is 1.91. The summed E-state index contributed by atoms with van der Waals surface area (Å²) in [5.74, 6) is 0.261. The van der Waals surface area contributed by atoms with E-state index in [1.54, 1.807) is 18.2 Å². The number of carbonyl (C=O) groups is 2. The van der Waals surface area contributed by atoms with Gasteiger partial charge in [0.05, 0.1) is 20.8 Å². The number of methoxy groups -OCH3 is 2. The Balaban J connectivity index is 1.73. The van der Waals surface area contributed by atoms with Crippen LogP contribution in [-0.4, -0.2) is 51.1 Å². The fraction of sp³-hybridized carbons (Fsp3) is 0.333. The Morgan fingerprint density at radius 1 is 0.964 bits per heavy atom. The molecule has 0 radical (unpaired) electrons. The Kier molecular flexibility index (Phi) is 8.30. The lowest BCUT2D eigenvalue weighted by Crippen LogP contribution is -2.45. The van der Waals surface area contributed by atoms with Gasteiger partial charge < -0.3 is 9.47 Å². The molecule has 7 heteroatoms. The van der Waals surface area contributed by atoms with Crippen LogP contribution >= 0.6 is 0 Å². The van der Waals surface area contributed by atoms with Gasteiger partial charge in [0, 0.05) is 5.56 Å². The zero-order valence-electron chi connectivity index (χ0n) is 16.5. The maximum absolute atomic E-state index is 12.2. The van der Waals surface area contributed by atoms with E-state index in [9.17, 15) is 9.59 Å². The van der Waals surface area contributed by atoms with Gasteiger partial charge in [0.25, 0.3) is 11.8 Å². The summed E-state index contributed by atoms with van der Waals surface area (Å²) in [5.41, 5.74) is 6.48. The Labute approximate surface area is 165 Å². The smallest absolute Gasteiger partial charge is 0.269 e. The first-order valence-electron chi connectivity index (χ1n) is 9.07. The van der Waals surface area contributed by atoms with Crippen molar-refractivity contribution in [2.24, 2.45) is 0 Å². The summed E-state index contributed by atoms with van der Waals surface area (Å²) in [6.45, 7) is 0.979. The van der Waals surface area contributed by atoms with Crippen molar-refractivity contribution in [3.8, 4) is 11.5 Å².